The zero-order chi connectivity index (χ0) is 31.3. The maximum atomic E-state index is 6.28. The van der Waals surface area contributed by atoms with E-state index < -0.39 is 8.07 Å². The van der Waals surface area contributed by atoms with Crippen LogP contribution in [0.3, 0.4) is 0 Å². The van der Waals surface area contributed by atoms with Gasteiger partial charge in [0, 0.05) is 48.9 Å². The van der Waals surface area contributed by atoms with Crippen LogP contribution in [0.25, 0.3) is 55.6 Å². The fraction of sp³-hybridized carbons (Fsp3) is 0.171. The molecular formula is C41H36IrN2OSi-2. The summed E-state index contributed by atoms with van der Waals surface area (Å²) in [6, 6.07) is 40.0. The minimum absolute atomic E-state index is 0. The summed E-state index contributed by atoms with van der Waals surface area (Å²) >= 11 is 0. The Morgan fingerprint density at radius 3 is 2.22 bits per heavy atom. The van der Waals surface area contributed by atoms with Crippen LogP contribution in [0.5, 0.6) is 0 Å². The number of pyridine rings is 2. The second-order valence-corrected chi connectivity index (χ2v) is 18.5. The van der Waals surface area contributed by atoms with Crippen molar-refractivity contribution < 1.29 is 24.5 Å². The number of aryl methyl sites for hydroxylation is 1. The van der Waals surface area contributed by atoms with Crippen molar-refractivity contribution in [2.75, 3.05) is 0 Å². The van der Waals surface area contributed by atoms with E-state index in [2.05, 4.69) is 118 Å². The van der Waals surface area contributed by atoms with E-state index in [0.717, 1.165) is 44.5 Å². The number of hydrogen-bond donors (Lipinski definition) is 0. The molecule has 3 nitrogen and oxygen atoms in total. The van der Waals surface area contributed by atoms with E-state index in [0.29, 0.717) is 0 Å². The van der Waals surface area contributed by atoms with E-state index in [4.69, 9.17) is 9.40 Å². The predicted octanol–water partition coefficient (Wildman–Crippen LogP) is 10.2. The maximum absolute atomic E-state index is 6.28. The van der Waals surface area contributed by atoms with E-state index in [9.17, 15) is 0 Å². The molecule has 1 radical (unpaired) electrons. The van der Waals surface area contributed by atoms with E-state index in [-0.39, 0.29) is 25.5 Å². The fourth-order valence-electron chi connectivity index (χ4n) is 6.40. The number of benzene rings is 4. The number of fused-ring (bicyclic) bond motifs is 6. The Morgan fingerprint density at radius 2 is 1.48 bits per heavy atom. The van der Waals surface area contributed by atoms with Crippen LogP contribution in [0.15, 0.2) is 114 Å². The molecule has 3 heterocycles. The quantitative estimate of drug-likeness (QED) is 0.132. The van der Waals surface area contributed by atoms with Gasteiger partial charge in [0.1, 0.15) is 5.58 Å². The van der Waals surface area contributed by atoms with Crippen molar-refractivity contribution in [2.24, 2.45) is 0 Å². The standard InChI is InChI=1S/C27H20NO.C14H16NSi.Ir/c1-16-12-13-18(26-25(16)19-9-5-7-11-24(19)29-26)23-14-22-20(15-28-23)17-8-4-6-10-21(17)27(22,2)3;1-16(2,3)13-9-10-14(15-11-13)12-7-5-4-6-8-12;/h4-12,14-15H,1-3H3;4-7,9-11H,1-3H3;/q2*-1;. The summed E-state index contributed by atoms with van der Waals surface area (Å²) in [7, 11) is -1.23. The number of furan rings is 1. The molecule has 46 heavy (non-hydrogen) atoms. The molecule has 0 atom stereocenters. The first-order valence-electron chi connectivity index (χ1n) is 15.5. The Kier molecular flexibility index (Phi) is 8.45. The van der Waals surface area contributed by atoms with Crippen LogP contribution >= 0.6 is 0 Å². The number of aromatic nitrogens is 2. The molecule has 0 amide bonds. The van der Waals surface area contributed by atoms with Gasteiger partial charge in [-0.25, -0.2) is 0 Å². The second-order valence-electron chi connectivity index (χ2n) is 13.4. The molecule has 0 saturated heterocycles. The van der Waals surface area contributed by atoms with Gasteiger partial charge in [0.25, 0.3) is 0 Å². The van der Waals surface area contributed by atoms with Gasteiger partial charge in [0.05, 0.1) is 13.7 Å². The monoisotopic (exact) mass is 793 g/mol. The molecule has 4 aromatic carbocycles. The molecule has 0 bridgehead atoms. The third kappa shape index (κ3) is 5.58. The zero-order valence-electron chi connectivity index (χ0n) is 27.0. The normalized spacial score (nSPS) is 13.0. The van der Waals surface area contributed by atoms with Crippen LogP contribution in [0.4, 0.5) is 0 Å². The molecule has 8 rings (SSSR count). The van der Waals surface area contributed by atoms with Gasteiger partial charge in [-0.15, -0.1) is 53.6 Å². The van der Waals surface area contributed by atoms with Crippen molar-refractivity contribution in [3.05, 3.63) is 138 Å². The molecule has 0 aliphatic heterocycles. The number of nitrogens with zero attached hydrogens (tertiary/aromatic N) is 2. The van der Waals surface area contributed by atoms with Crippen LogP contribution in [0.1, 0.15) is 30.5 Å². The average Bonchev–Trinajstić information content (AvgIpc) is 3.55. The predicted molar refractivity (Wildman–Crippen MR) is 190 cm³/mol. The van der Waals surface area contributed by atoms with Gasteiger partial charge in [0.2, 0.25) is 0 Å². The molecule has 0 unspecified atom stereocenters. The molecule has 7 aromatic rings. The third-order valence-corrected chi connectivity index (χ3v) is 11.0. The van der Waals surface area contributed by atoms with Crippen LogP contribution in [-0.4, -0.2) is 18.0 Å². The first-order chi connectivity index (χ1) is 21.6. The number of hydrogen-bond acceptors (Lipinski definition) is 3. The first kappa shape index (κ1) is 31.8. The van der Waals surface area contributed by atoms with Gasteiger partial charge >= 0.3 is 0 Å². The summed E-state index contributed by atoms with van der Waals surface area (Å²) in [6.45, 7) is 13.7. The molecule has 0 spiro atoms. The Bertz CT molecular complexity index is 2180. The number of para-hydroxylation sites is 1. The fourth-order valence-corrected chi connectivity index (χ4v) is 7.44. The molecule has 0 fully saturated rings. The Morgan fingerprint density at radius 1 is 0.739 bits per heavy atom. The molecule has 231 valence electrons. The van der Waals surface area contributed by atoms with Crippen molar-refractivity contribution in [1.82, 2.24) is 9.97 Å². The summed E-state index contributed by atoms with van der Waals surface area (Å²) in [5.41, 5.74) is 12.0. The van der Waals surface area contributed by atoms with E-state index in [1.807, 2.05) is 48.8 Å². The molecule has 5 heteroatoms. The van der Waals surface area contributed by atoms with Gasteiger partial charge in [-0.1, -0.05) is 112 Å². The first-order valence-corrected chi connectivity index (χ1v) is 19.0. The zero-order valence-corrected chi connectivity index (χ0v) is 30.4. The van der Waals surface area contributed by atoms with E-state index in [1.54, 1.807) is 0 Å². The van der Waals surface area contributed by atoms with E-state index >= 15 is 0 Å². The summed E-state index contributed by atoms with van der Waals surface area (Å²) in [5.74, 6) is 0. The summed E-state index contributed by atoms with van der Waals surface area (Å²) < 4.78 is 6.28. The second kappa shape index (κ2) is 12.2. The minimum Gasteiger partial charge on any atom is -0.501 e. The Balaban J connectivity index is 0.000000187. The van der Waals surface area contributed by atoms with Gasteiger partial charge in [0.15, 0.2) is 0 Å². The van der Waals surface area contributed by atoms with Crippen LogP contribution in [0, 0.1) is 19.1 Å². The molecule has 0 saturated carbocycles. The third-order valence-electron chi connectivity index (χ3n) is 8.99. The molecule has 0 N–H and O–H groups in total. The SMILES string of the molecule is C[Si](C)(C)c1ccc(-c2[c-]cccc2)nc1.Cc1c[c-]c(-c2cc3c(cn2)-c2ccccc2C3(C)C)c2oc3ccccc3c12.[Ir]. The van der Waals surface area contributed by atoms with Gasteiger partial charge < -0.3 is 14.4 Å². The van der Waals surface area contributed by atoms with Gasteiger partial charge in [-0.05, 0) is 39.3 Å². The minimum atomic E-state index is -1.23. The molecule has 1 aliphatic carbocycles. The van der Waals surface area contributed by atoms with E-state index in [1.165, 1.54) is 33.0 Å². The Labute approximate surface area is 286 Å². The smallest absolute Gasteiger partial charge is 0.120 e. The van der Waals surface area contributed by atoms with Crippen molar-refractivity contribution in [3.63, 3.8) is 0 Å². The summed E-state index contributed by atoms with van der Waals surface area (Å²) in [6.07, 6.45) is 4.03. The topological polar surface area (TPSA) is 38.9 Å². The largest absolute Gasteiger partial charge is 0.501 e. The molecule has 3 aromatic heterocycles. The van der Waals surface area contributed by atoms with Crippen LogP contribution < -0.4 is 5.19 Å². The summed E-state index contributed by atoms with van der Waals surface area (Å²) in [4.78, 5) is 9.36. The van der Waals surface area contributed by atoms with Gasteiger partial charge in [-0.3, -0.25) is 0 Å². The maximum Gasteiger partial charge on any atom is 0.120 e. The summed E-state index contributed by atoms with van der Waals surface area (Å²) in [5, 5.41) is 3.69. The molecular weight excluding hydrogens is 757 g/mol. The Hall–Kier alpha value is -4.15. The van der Waals surface area contributed by atoms with Crippen LogP contribution in [-0.2, 0) is 25.5 Å². The van der Waals surface area contributed by atoms with Gasteiger partial charge in [-0.2, -0.15) is 0 Å². The molecule has 1 aliphatic rings. The van der Waals surface area contributed by atoms with Crippen LogP contribution in [0.2, 0.25) is 19.6 Å². The number of rotatable bonds is 3. The van der Waals surface area contributed by atoms with Crippen molar-refractivity contribution in [1.29, 1.82) is 0 Å². The van der Waals surface area contributed by atoms with Crippen molar-refractivity contribution in [2.45, 2.75) is 45.8 Å². The van der Waals surface area contributed by atoms with Crippen molar-refractivity contribution >= 4 is 35.2 Å². The van der Waals surface area contributed by atoms with Crippen molar-refractivity contribution in [3.8, 4) is 33.6 Å². The average molecular weight is 793 g/mol.